The largest absolute Gasteiger partial charge is 0.503 e. The molecule has 30 heavy (non-hydrogen) atoms. The number of hydrogen-bond acceptors (Lipinski definition) is 4. The molecule has 2 aromatic rings. The second kappa shape index (κ2) is 9.54. The second-order valence-electron chi connectivity index (χ2n) is 6.82. The number of amides is 1. The number of allylic oxidation sites excluding steroid dienone is 1. The van der Waals surface area contributed by atoms with E-state index in [0.717, 1.165) is 10.0 Å². The van der Waals surface area contributed by atoms with Crippen molar-refractivity contribution in [3.05, 3.63) is 87.6 Å². The van der Waals surface area contributed by atoms with Gasteiger partial charge in [-0.2, -0.15) is 0 Å². The number of carbonyl (C=O) groups is 3. The van der Waals surface area contributed by atoms with Crippen molar-refractivity contribution >= 4 is 39.7 Å². The lowest BCUT2D eigenvalue weighted by molar-refractivity contribution is -0.138. The summed E-state index contributed by atoms with van der Waals surface area (Å²) in [6.45, 7) is 0.106. The van der Waals surface area contributed by atoms with Crippen molar-refractivity contribution in [2.24, 2.45) is 0 Å². The van der Waals surface area contributed by atoms with Crippen LogP contribution in [-0.2, 0) is 14.4 Å². The van der Waals surface area contributed by atoms with Crippen LogP contribution in [0.3, 0.4) is 0 Å². The van der Waals surface area contributed by atoms with Crippen LogP contribution in [0.1, 0.15) is 30.0 Å². The van der Waals surface area contributed by atoms with Crippen LogP contribution < -0.4 is 0 Å². The maximum absolute atomic E-state index is 13.0. The summed E-state index contributed by atoms with van der Waals surface area (Å²) in [5.74, 6) is -2.72. The Morgan fingerprint density at radius 2 is 1.73 bits per heavy atom. The van der Waals surface area contributed by atoms with Crippen molar-refractivity contribution in [1.82, 2.24) is 4.90 Å². The van der Waals surface area contributed by atoms with E-state index in [9.17, 15) is 19.5 Å². The Balaban J connectivity index is 1.94. The highest BCUT2D eigenvalue weighted by Crippen LogP contribution is 2.38. The van der Waals surface area contributed by atoms with Crippen LogP contribution in [0.4, 0.5) is 0 Å². The molecule has 1 unspecified atom stereocenters. The van der Waals surface area contributed by atoms with E-state index in [4.69, 9.17) is 5.11 Å². The third-order valence-electron chi connectivity index (χ3n) is 4.77. The average Bonchev–Trinajstić information content (AvgIpc) is 2.98. The first-order valence-electron chi connectivity index (χ1n) is 9.37. The van der Waals surface area contributed by atoms with Crippen molar-refractivity contribution in [2.75, 3.05) is 6.54 Å². The Bertz CT molecular complexity index is 1010. The fraction of sp³-hybridized carbons (Fsp3) is 0.174. The minimum absolute atomic E-state index is 0.00942. The van der Waals surface area contributed by atoms with Crippen molar-refractivity contribution in [2.45, 2.75) is 18.9 Å². The molecule has 7 heteroatoms. The van der Waals surface area contributed by atoms with Crippen LogP contribution in [0.25, 0.3) is 6.08 Å². The fourth-order valence-corrected chi connectivity index (χ4v) is 3.62. The zero-order chi connectivity index (χ0) is 21.7. The second-order valence-corrected chi connectivity index (χ2v) is 7.74. The number of benzene rings is 2. The quantitative estimate of drug-likeness (QED) is 0.562. The molecule has 2 aromatic carbocycles. The number of aliphatic hydroxyl groups excluding tert-OH is 1. The average molecular weight is 470 g/mol. The monoisotopic (exact) mass is 469 g/mol. The summed E-state index contributed by atoms with van der Waals surface area (Å²) in [4.78, 5) is 37.9. The number of carboxylic acid groups (broad SMARTS) is 1. The molecule has 1 amide bonds. The summed E-state index contributed by atoms with van der Waals surface area (Å²) in [7, 11) is 0. The molecule has 1 atom stereocenters. The Morgan fingerprint density at radius 3 is 2.37 bits per heavy atom. The van der Waals surface area contributed by atoms with E-state index in [0.29, 0.717) is 5.56 Å². The molecule has 0 spiro atoms. The summed E-state index contributed by atoms with van der Waals surface area (Å²) >= 11 is 3.36. The number of carboxylic acids is 1. The highest BCUT2D eigenvalue weighted by atomic mass is 79.9. The molecular formula is C23H20BrNO5. The van der Waals surface area contributed by atoms with E-state index in [1.54, 1.807) is 30.3 Å². The number of halogens is 1. The molecule has 2 N–H and O–H groups in total. The first-order chi connectivity index (χ1) is 14.4. The molecule has 154 valence electrons. The molecule has 1 heterocycles. The van der Waals surface area contributed by atoms with E-state index in [1.165, 1.54) is 11.0 Å². The molecule has 0 aromatic heterocycles. The van der Waals surface area contributed by atoms with Gasteiger partial charge in [-0.3, -0.25) is 14.4 Å². The minimum atomic E-state index is -0.971. The van der Waals surface area contributed by atoms with E-state index in [-0.39, 0.29) is 25.0 Å². The Hall–Kier alpha value is -3.19. The predicted molar refractivity (Wildman–Crippen MR) is 116 cm³/mol. The highest BCUT2D eigenvalue weighted by molar-refractivity contribution is 9.10. The summed E-state index contributed by atoms with van der Waals surface area (Å²) in [6.07, 6.45) is 3.05. The smallest absolute Gasteiger partial charge is 0.303 e. The molecule has 0 fully saturated rings. The molecule has 0 radical (unpaired) electrons. The van der Waals surface area contributed by atoms with Gasteiger partial charge in [-0.05, 0) is 35.8 Å². The number of hydrogen-bond donors (Lipinski definition) is 2. The molecule has 0 saturated heterocycles. The van der Waals surface area contributed by atoms with Crippen molar-refractivity contribution in [3.63, 3.8) is 0 Å². The maximum atomic E-state index is 13.0. The Kier molecular flexibility index (Phi) is 6.84. The number of aliphatic carboxylic acids is 1. The van der Waals surface area contributed by atoms with E-state index in [1.807, 2.05) is 30.3 Å². The normalized spacial score (nSPS) is 16.5. The third kappa shape index (κ3) is 4.86. The van der Waals surface area contributed by atoms with Crippen molar-refractivity contribution in [1.29, 1.82) is 0 Å². The van der Waals surface area contributed by atoms with E-state index in [2.05, 4.69) is 15.9 Å². The molecule has 0 bridgehead atoms. The van der Waals surface area contributed by atoms with Crippen LogP contribution in [0.2, 0.25) is 0 Å². The Labute approximate surface area is 182 Å². The van der Waals surface area contributed by atoms with Crippen molar-refractivity contribution < 1.29 is 24.6 Å². The van der Waals surface area contributed by atoms with Crippen molar-refractivity contribution in [3.8, 4) is 0 Å². The molecule has 3 rings (SSSR count). The third-order valence-corrected chi connectivity index (χ3v) is 5.30. The van der Waals surface area contributed by atoms with E-state index < -0.39 is 29.5 Å². The molecule has 6 nitrogen and oxygen atoms in total. The summed E-state index contributed by atoms with van der Waals surface area (Å²) in [6, 6.07) is 15.5. The van der Waals surface area contributed by atoms with Gasteiger partial charge < -0.3 is 15.1 Å². The van der Waals surface area contributed by atoms with E-state index >= 15 is 0 Å². The first-order valence-corrected chi connectivity index (χ1v) is 10.2. The number of carbonyl (C=O) groups excluding carboxylic acids is 2. The van der Waals surface area contributed by atoms with Gasteiger partial charge in [-0.25, -0.2) is 0 Å². The fourth-order valence-electron chi connectivity index (χ4n) is 3.35. The van der Waals surface area contributed by atoms with Gasteiger partial charge in [0.05, 0.1) is 11.6 Å². The van der Waals surface area contributed by atoms with Gasteiger partial charge in [-0.15, -0.1) is 0 Å². The Morgan fingerprint density at radius 1 is 1.07 bits per heavy atom. The van der Waals surface area contributed by atoms with Crippen LogP contribution >= 0.6 is 15.9 Å². The maximum Gasteiger partial charge on any atom is 0.303 e. The molecule has 1 aliphatic heterocycles. The summed E-state index contributed by atoms with van der Waals surface area (Å²) < 4.78 is 0.832. The SMILES string of the molecule is O=C(O)CCCN1C(=O)C(O)=C(C(=O)/C=C/c2ccccc2)C1c1ccc(Br)cc1. The van der Waals surface area contributed by atoms with Gasteiger partial charge >= 0.3 is 5.97 Å². The van der Waals surface area contributed by atoms with Gasteiger partial charge in [-0.1, -0.05) is 64.5 Å². The minimum Gasteiger partial charge on any atom is -0.503 e. The van der Waals surface area contributed by atoms with Gasteiger partial charge in [0.2, 0.25) is 0 Å². The lowest BCUT2D eigenvalue weighted by Crippen LogP contribution is -2.32. The number of rotatable bonds is 8. The lowest BCUT2D eigenvalue weighted by Gasteiger charge is -2.26. The highest BCUT2D eigenvalue weighted by Gasteiger charge is 2.42. The topological polar surface area (TPSA) is 94.9 Å². The number of ketones is 1. The number of aliphatic hydroxyl groups is 1. The molecule has 1 aliphatic rings. The van der Waals surface area contributed by atoms with Gasteiger partial charge in [0, 0.05) is 17.4 Å². The zero-order valence-electron chi connectivity index (χ0n) is 16.0. The van der Waals surface area contributed by atoms with Crippen LogP contribution in [-0.4, -0.2) is 39.3 Å². The first kappa shape index (κ1) is 21.5. The standard InChI is InChI=1S/C23H20BrNO5/c24-17-11-9-16(10-12-17)21-20(18(26)13-8-15-5-2-1-3-6-15)22(29)23(30)25(21)14-4-7-19(27)28/h1-3,5-6,8-13,21,29H,4,7,14H2,(H,27,28)/b13-8+. The predicted octanol–water partition coefficient (Wildman–Crippen LogP) is 4.29. The lowest BCUT2D eigenvalue weighted by atomic mass is 9.95. The van der Waals surface area contributed by atoms with Gasteiger partial charge in [0.25, 0.3) is 5.91 Å². The van der Waals surface area contributed by atoms with Crippen LogP contribution in [0.5, 0.6) is 0 Å². The molecule has 0 saturated carbocycles. The number of nitrogens with zero attached hydrogens (tertiary/aromatic N) is 1. The van der Waals surface area contributed by atoms with Crippen LogP contribution in [0, 0.1) is 0 Å². The van der Waals surface area contributed by atoms with Gasteiger partial charge in [0.15, 0.2) is 11.5 Å². The molecular weight excluding hydrogens is 450 g/mol. The van der Waals surface area contributed by atoms with Gasteiger partial charge in [0.1, 0.15) is 0 Å². The summed E-state index contributed by atoms with van der Waals surface area (Å²) in [5, 5.41) is 19.4. The molecule has 0 aliphatic carbocycles. The summed E-state index contributed by atoms with van der Waals surface area (Å²) in [5.41, 5.74) is 1.46. The van der Waals surface area contributed by atoms with Crippen LogP contribution in [0.15, 0.2) is 76.5 Å². The zero-order valence-corrected chi connectivity index (χ0v) is 17.6.